The Morgan fingerprint density at radius 1 is 0.479 bits per heavy atom. The number of carbonyl (C=O) groups excluding carboxylic acids is 3. The van der Waals surface area contributed by atoms with Crippen molar-refractivity contribution in [3.8, 4) is 0 Å². The zero-order valence-corrected chi connectivity index (χ0v) is 44.7. The highest BCUT2D eigenvalue weighted by molar-refractivity contribution is 5.74. The number of aliphatic hydroxyl groups excluding tert-OH is 2. The summed E-state index contributed by atoms with van der Waals surface area (Å²) in [7, 11) is 0. The molecule has 6 atom stereocenters. The van der Waals surface area contributed by atoms with Crippen LogP contribution in [0.3, 0.4) is 0 Å². The molecule has 0 aliphatic carbocycles. The summed E-state index contributed by atoms with van der Waals surface area (Å²) in [6.45, 7) is 5.81. The van der Waals surface area contributed by atoms with Gasteiger partial charge in [0.1, 0.15) is 18.8 Å². The Kier molecular flexibility index (Phi) is 43.7. The van der Waals surface area contributed by atoms with E-state index < -0.39 is 67.3 Å². The van der Waals surface area contributed by atoms with Crippen LogP contribution in [0.5, 0.6) is 0 Å². The molecular weight excluding hydrogens is 901 g/mol. The van der Waals surface area contributed by atoms with Gasteiger partial charge in [-0.05, 0) is 57.8 Å². The number of allylic oxidation sites excluding steroid dienone is 10. The zero-order valence-electron chi connectivity index (χ0n) is 44.7. The number of hydrogen-bond acceptors (Lipinski definition) is 11. The molecule has 1 aliphatic rings. The average Bonchev–Trinajstić information content (AvgIpc) is 3.35. The lowest BCUT2D eigenvalue weighted by Crippen LogP contribution is -2.61. The van der Waals surface area contributed by atoms with Crippen molar-refractivity contribution in [3.63, 3.8) is 0 Å². The van der Waals surface area contributed by atoms with Gasteiger partial charge in [0.2, 0.25) is 0 Å². The van der Waals surface area contributed by atoms with Crippen LogP contribution in [-0.4, -0.2) is 89.2 Å². The van der Waals surface area contributed by atoms with Gasteiger partial charge in [0, 0.05) is 19.3 Å². The number of hydrogen-bond donors (Lipinski definition) is 3. The standard InChI is InChI=1S/C59H100O12/c1-4-7-10-13-16-19-22-24-25-26-27-29-31-33-36-39-42-45-51(60)67-48-50(69-52(61)46-43-40-37-34-30-21-18-15-12-9-6-3)49-68-59-57(55(64)54(63)56(71-59)58(65)66)70-53(62)47-44-41-38-35-32-28-23-20-17-14-11-8-5-2/h7,10,16,19,24-25,27,29,33,36,50,54-57,59,63-64H,4-6,8-9,11-15,17-18,20-23,26,28,30-32,34-35,37-49H2,1-3H3,(H,65,66)/b10-7-,19-16-,25-24-,29-27-,36-33-. The molecule has 0 bridgehead atoms. The molecule has 0 aromatic heterocycles. The Hall–Kier alpha value is -3.58. The lowest BCUT2D eigenvalue weighted by molar-refractivity contribution is -0.301. The predicted octanol–water partition coefficient (Wildman–Crippen LogP) is 14.0. The van der Waals surface area contributed by atoms with Gasteiger partial charge in [-0.2, -0.15) is 0 Å². The summed E-state index contributed by atoms with van der Waals surface area (Å²) in [5, 5.41) is 31.4. The van der Waals surface area contributed by atoms with Crippen molar-refractivity contribution in [1.82, 2.24) is 0 Å². The van der Waals surface area contributed by atoms with E-state index in [0.29, 0.717) is 25.7 Å². The van der Waals surface area contributed by atoms with E-state index in [1.807, 2.05) is 6.08 Å². The van der Waals surface area contributed by atoms with E-state index >= 15 is 0 Å². The Morgan fingerprint density at radius 3 is 1.34 bits per heavy atom. The van der Waals surface area contributed by atoms with Gasteiger partial charge in [0.25, 0.3) is 0 Å². The number of carboxylic acid groups (broad SMARTS) is 1. The van der Waals surface area contributed by atoms with Gasteiger partial charge in [-0.3, -0.25) is 14.4 Å². The number of rotatable bonds is 47. The fraction of sp³-hybridized carbons (Fsp3) is 0.763. The second-order valence-electron chi connectivity index (χ2n) is 19.2. The summed E-state index contributed by atoms with van der Waals surface area (Å²) in [5.41, 5.74) is 0. The van der Waals surface area contributed by atoms with Crippen LogP contribution in [0.1, 0.15) is 239 Å². The van der Waals surface area contributed by atoms with Crippen LogP contribution in [0.2, 0.25) is 0 Å². The molecule has 1 fully saturated rings. The number of carbonyl (C=O) groups is 4. The fourth-order valence-electron chi connectivity index (χ4n) is 8.29. The summed E-state index contributed by atoms with van der Waals surface area (Å²) < 4.78 is 28.3. The van der Waals surface area contributed by atoms with Crippen LogP contribution in [0.25, 0.3) is 0 Å². The van der Waals surface area contributed by atoms with E-state index in [1.165, 1.54) is 96.3 Å². The van der Waals surface area contributed by atoms with E-state index in [4.69, 9.17) is 23.7 Å². The SMILES string of the molecule is CC/C=C\C/C=C\C/C=C\C/C=C\C/C=C\CCCC(=O)OCC(COC1OC(C(=O)O)C(O)C(O)C1OC(=O)CCCCCCCCCCCCCCC)OC(=O)CCCCCCCCCCCCC. The second-order valence-corrected chi connectivity index (χ2v) is 19.2. The molecule has 71 heavy (non-hydrogen) atoms. The Balaban J connectivity index is 2.73. The second kappa shape index (κ2) is 47.4. The van der Waals surface area contributed by atoms with Gasteiger partial charge in [-0.15, -0.1) is 0 Å². The van der Waals surface area contributed by atoms with E-state index in [1.54, 1.807) is 0 Å². The highest BCUT2D eigenvalue weighted by Crippen LogP contribution is 2.26. The normalized spacial score (nSPS) is 18.9. The van der Waals surface area contributed by atoms with Crippen molar-refractivity contribution in [3.05, 3.63) is 60.8 Å². The first-order valence-electron chi connectivity index (χ1n) is 28.3. The maximum absolute atomic E-state index is 13.1. The molecule has 0 radical (unpaired) electrons. The molecule has 12 heteroatoms. The number of aliphatic carboxylic acids is 1. The maximum Gasteiger partial charge on any atom is 0.335 e. The molecule has 1 aliphatic heterocycles. The molecular formula is C59H100O12. The number of unbranched alkanes of at least 4 members (excludes halogenated alkanes) is 23. The summed E-state index contributed by atoms with van der Waals surface area (Å²) in [5.74, 6) is -3.19. The van der Waals surface area contributed by atoms with Gasteiger partial charge >= 0.3 is 23.9 Å². The first kappa shape index (κ1) is 65.4. The molecule has 1 saturated heterocycles. The molecule has 0 aromatic carbocycles. The van der Waals surface area contributed by atoms with Crippen LogP contribution in [0.15, 0.2) is 60.8 Å². The van der Waals surface area contributed by atoms with Crippen molar-refractivity contribution in [2.45, 2.75) is 276 Å². The number of ether oxygens (including phenoxy) is 5. The molecule has 6 unspecified atom stereocenters. The molecule has 12 nitrogen and oxygen atoms in total. The summed E-state index contributed by atoms with van der Waals surface area (Å²) >= 11 is 0. The molecule has 0 saturated carbocycles. The van der Waals surface area contributed by atoms with E-state index in [0.717, 1.165) is 77.0 Å². The number of carboxylic acids is 1. The van der Waals surface area contributed by atoms with Crippen LogP contribution < -0.4 is 0 Å². The van der Waals surface area contributed by atoms with Gasteiger partial charge in [-0.1, -0.05) is 223 Å². The van der Waals surface area contributed by atoms with E-state index in [-0.39, 0.29) is 25.9 Å². The molecule has 408 valence electrons. The maximum atomic E-state index is 13.1. The van der Waals surface area contributed by atoms with Crippen LogP contribution >= 0.6 is 0 Å². The highest BCUT2D eigenvalue weighted by atomic mass is 16.7. The molecule has 1 rings (SSSR count). The van der Waals surface area contributed by atoms with Crippen molar-refractivity contribution < 1.29 is 58.2 Å². The van der Waals surface area contributed by atoms with Crippen molar-refractivity contribution in [2.75, 3.05) is 13.2 Å². The smallest absolute Gasteiger partial charge is 0.335 e. The van der Waals surface area contributed by atoms with Crippen molar-refractivity contribution >= 4 is 23.9 Å². The number of esters is 3. The molecule has 0 aromatic rings. The zero-order chi connectivity index (χ0) is 51.8. The van der Waals surface area contributed by atoms with Gasteiger partial charge < -0.3 is 39.0 Å². The van der Waals surface area contributed by atoms with E-state index in [2.05, 4.69) is 75.5 Å². The third-order valence-corrected chi connectivity index (χ3v) is 12.6. The highest BCUT2D eigenvalue weighted by Gasteiger charge is 2.50. The topological polar surface area (TPSA) is 175 Å². The summed E-state index contributed by atoms with van der Waals surface area (Å²) in [6.07, 6.45) is 44.9. The number of aliphatic hydroxyl groups is 2. The lowest BCUT2D eigenvalue weighted by atomic mass is 9.98. The quantitative estimate of drug-likeness (QED) is 0.0228. The Bertz CT molecular complexity index is 1470. The lowest BCUT2D eigenvalue weighted by Gasteiger charge is -2.40. The molecule has 3 N–H and O–H groups in total. The molecule has 1 heterocycles. The van der Waals surface area contributed by atoms with Gasteiger partial charge in [0.15, 0.2) is 24.6 Å². The van der Waals surface area contributed by atoms with Gasteiger partial charge in [0.05, 0.1) is 6.61 Å². The van der Waals surface area contributed by atoms with Crippen molar-refractivity contribution in [2.24, 2.45) is 0 Å². The van der Waals surface area contributed by atoms with Crippen LogP contribution in [0.4, 0.5) is 0 Å². The predicted molar refractivity (Wildman–Crippen MR) is 285 cm³/mol. The molecule has 0 spiro atoms. The summed E-state index contributed by atoms with van der Waals surface area (Å²) in [6, 6.07) is 0. The Morgan fingerprint density at radius 2 is 0.887 bits per heavy atom. The molecule has 0 amide bonds. The first-order valence-corrected chi connectivity index (χ1v) is 28.3. The fourth-order valence-corrected chi connectivity index (χ4v) is 8.29. The van der Waals surface area contributed by atoms with Crippen LogP contribution in [0, 0.1) is 0 Å². The average molecular weight is 1000 g/mol. The monoisotopic (exact) mass is 1000 g/mol. The first-order chi connectivity index (χ1) is 34.6. The van der Waals surface area contributed by atoms with Crippen molar-refractivity contribution in [1.29, 1.82) is 0 Å². The third-order valence-electron chi connectivity index (χ3n) is 12.6. The minimum Gasteiger partial charge on any atom is -0.479 e. The minimum atomic E-state index is -1.91. The summed E-state index contributed by atoms with van der Waals surface area (Å²) in [4.78, 5) is 50.9. The minimum absolute atomic E-state index is 0.0580. The largest absolute Gasteiger partial charge is 0.479 e. The Labute approximate surface area is 430 Å². The van der Waals surface area contributed by atoms with Gasteiger partial charge in [-0.25, -0.2) is 4.79 Å². The van der Waals surface area contributed by atoms with E-state index in [9.17, 15) is 34.5 Å². The third kappa shape index (κ3) is 37.8. The van der Waals surface area contributed by atoms with Crippen LogP contribution in [-0.2, 0) is 42.9 Å².